The van der Waals surface area contributed by atoms with Gasteiger partial charge in [-0.2, -0.15) is 5.10 Å². The Kier molecular flexibility index (Phi) is 5.20. The van der Waals surface area contributed by atoms with Gasteiger partial charge in [0.15, 0.2) is 0 Å². The van der Waals surface area contributed by atoms with Gasteiger partial charge in [-0.3, -0.25) is 4.68 Å². The van der Waals surface area contributed by atoms with E-state index >= 15 is 0 Å². The van der Waals surface area contributed by atoms with Crippen LogP contribution in [0.15, 0.2) is 34.9 Å². The van der Waals surface area contributed by atoms with E-state index in [9.17, 15) is 0 Å². The second kappa shape index (κ2) is 6.90. The van der Waals surface area contributed by atoms with Crippen LogP contribution in [0.1, 0.15) is 24.2 Å². The Morgan fingerprint density at radius 3 is 2.55 bits per heavy atom. The van der Waals surface area contributed by atoms with Gasteiger partial charge in [0.1, 0.15) is 5.75 Å². The maximum Gasteiger partial charge on any atom is 0.118 e. The van der Waals surface area contributed by atoms with E-state index in [4.69, 9.17) is 4.74 Å². The third-order valence-electron chi connectivity index (χ3n) is 3.32. The first kappa shape index (κ1) is 15.1. The van der Waals surface area contributed by atoms with Gasteiger partial charge in [-0.15, -0.1) is 0 Å². The minimum Gasteiger partial charge on any atom is -0.497 e. The molecule has 5 heteroatoms. The summed E-state index contributed by atoms with van der Waals surface area (Å²) in [7, 11) is 3.65. The van der Waals surface area contributed by atoms with Crippen molar-refractivity contribution in [2.45, 2.75) is 19.4 Å². The van der Waals surface area contributed by atoms with E-state index in [0.717, 1.165) is 23.2 Å². The number of nitrogens with zero attached hydrogens (tertiary/aromatic N) is 2. The Labute approximate surface area is 128 Å². The normalized spacial score (nSPS) is 12.4. The molecule has 0 fully saturated rings. The van der Waals surface area contributed by atoms with Crippen LogP contribution in [0.25, 0.3) is 0 Å². The average molecular weight is 338 g/mol. The summed E-state index contributed by atoms with van der Waals surface area (Å²) in [6.07, 6.45) is 2.75. The monoisotopic (exact) mass is 337 g/mol. The van der Waals surface area contributed by atoms with E-state index in [2.05, 4.69) is 45.4 Å². The van der Waals surface area contributed by atoms with Crippen molar-refractivity contribution in [2.75, 3.05) is 13.7 Å². The summed E-state index contributed by atoms with van der Waals surface area (Å²) in [5.74, 6) is 0.885. The van der Waals surface area contributed by atoms with Crippen molar-refractivity contribution in [3.63, 3.8) is 0 Å². The Hall–Kier alpha value is -1.33. The van der Waals surface area contributed by atoms with Gasteiger partial charge in [-0.25, -0.2) is 0 Å². The van der Waals surface area contributed by atoms with Crippen LogP contribution in [0.2, 0.25) is 0 Å². The van der Waals surface area contributed by atoms with Crippen molar-refractivity contribution in [2.24, 2.45) is 7.05 Å². The van der Waals surface area contributed by atoms with Crippen LogP contribution >= 0.6 is 15.9 Å². The Bertz CT molecular complexity index is 531. The van der Waals surface area contributed by atoms with Crippen LogP contribution in [-0.4, -0.2) is 23.4 Å². The summed E-state index contributed by atoms with van der Waals surface area (Å²) in [5, 5.41) is 7.82. The molecule has 20 heavy (non-hydrogen) atoms. The highest BCUT2D eigenvalue weighted by Crippen LogP contribution is 2.26. The van der Waals surface area contributed by atoms with Crippen molar-refractivity contribution < 1.29 is 4.74 Å². The van der Waals surface area contributed by atoms with Crippen LogP contribution in [0.5, 0.6) is 5.75 Å². The first-order valence-electron chi connectivity index (χ1n) is 6.69. The maximum atomic E-state index is 5.19. The fourth-order valence-electron chi connectivity index (χ4n) is 2.32. The van der Waals surface area contributed by atoms with Crippen molar-refractivity contribution >= 4 is 15.9 Å². The van der Waals surface area contributed by atoms with Crippen LogP contribution in [0.4, 0.5) is 0 Å². The van der Waals surface area contributed by atoms with Gasteiger partial charge in [-0.05, 0) is 46.6 Å². The summed E-state index contributed by atoms with van der Waals surface area (Å²) >= 11 is 3.58. The number of rotatable bonds is 6. The van der Waals surface area contributed by atoms with Crippen LogP contribution in [0, 0.1) is 0 Å². The zero-order valence-corrected chi connectivity index (χ0v) is 13.6. The summed E-state index contributed by atoms with van der Waals surface area (Å²) in [6, 6.07) is 8.43. The number of halogens is 1. The number of aryl methyl sites for hydroxylation is 1. The molecule has 4 nitrogen and oxygen atoms in total. The number of benzene rings is 1. The molecule has 0 bridgehead atoms. The average Bonchev–Trinajstić information content (AvgIpc) is 2.78. The third kappa shape index (κ3) is 3.41. The summed E-state index contributed by atoms with van der Waals surface area (Å²) < 4.78 is 8.15. The summed E-state index contributed by atoms with van der Waals surface area (Å²) in [5.41, 5.74) is 2.44. The molecule has 1 aromatic carbocycles. The third-order valence-corrected chi connectivity index (χ3v) is 3.93. The lowest BCUT2D eigenvalue weighted by Gasteiger charge is -2.19. The maximum absolute atomic E-state index is 5.19. The number of ether oxygens (including phenoxy) is 1. The van der Waals surface area contributed by atoms with E-state index in [1.807, 2.05) is 30.1 Å². The van der Waals surface area contributed by atoms with Gasteiger partial charge >= 0.3 is 0 Å². The zero-order valence-electron chi connectivity index (χ0n) is 12.1. The molecule has 1 heterocycles. The number of likely N-dealkylation sites (N-methyl/N-ethyl adjacent to an activating group) is 1. The van der Waals surface area contributed by atoms with E-state index in [1.165, 1.54) is 11.3 Å². The smallest absolute Gasteiger partial charge is 0.118 e. The number of aromatic nitrogens is 2. The number of methoxy groups -OCH3 is 1. The summed E-state index contributed by atoms with van der Waals surface area (Å²) in [4.78, 5) is 0. The van der Waals surface area contributed by atoms with Crippen molar-refractivity contribution in [1.29, 1.82) is 0 Å². The molecule has 0 amide bonds. The van der Waals surface area contributed by atoms with Crippen LogP contribution < -0.4 is 10.1 Å². The number of nitrogens with one attached hydrogen (secondary N) is 1. The predicted octanol–water partition coefficient (Wildman–Crippen LogP) is 3.08. The first-order chi connectivity index (χ1) is 9.65. The summed E-state index contributed by atoms with van der Waals surface area (Å²) in [6.45, 7) is 3.03. The molecular formula is C15H20BrN3O. The Balaban J connectivity index is 2.20. The minimum absolute atomic E-state index is 0.232. The molecule has 0 saturated heterocycles. The molecule has 0 aliphatic heterocycles. The van der Waals surface area contributed by atoms with Gasteiger partial charge < -0.3 is 10.1 Å². The van der Waals surface area contributed by atoms with Crippen molar-refractivity contribution in [3.8, 4) is 5.75 Å². The fourth-order valence-corrected chi connectivity index (χ4v) is 2.95. The van der Waals surface area contributed by atoms with Gasteiger partial charge in [-0.1, -0.05) is 19.1 Å². The van der Waals surface area contributed by atoms with Gasteiger partial charge in [0.2, 0.25) is 0 Å². The highest BCUT2D eigenvalue weighted by Gasteiger charge is 2.18. The zero-order chi connectivity index (χ0) is 14.5. The largest absolute Gasteiger partial charge is 0.497 e. The molecule has 0 aliphatic rings. The number of hydrogen-bond acceptors (Lipinski definition) is 3. The van der Waals surface area contributed by atoms with Gasteiger partial charge in [0.25, 0.3) is 0 Å². The van der Waals surface area contributed by atoms with E-state index in [-0.39, 0.29) is 6.04 Å². The predicted molar refractivity (Wildman–Crippen MR) is 84.0 cm³/mol. The van der Waals surface area contributed by atoms with Gasteiger partial charge in [0.05, 0.1) is 29.5 Å². The molecule has 2 rings (SSSR count). The standard InChI is InChI=1S/C15H20BrN3O/c1-4-17-14(15-13(16)10-18-19(15)2)9-11-5-7-12(20-3)8-6-11/h5-8,10,14,17H,4,9H2,1-3H3. The fraction of sp³-hybridized carbons (Fsp3) is 0.400. The second-order valence-corrected chi connectivity index (χ2v) is 5.52. The van der Waals surface area contributed by atoms with Gasteiger partial charge in [0, 0.05) is 7.05 Å². The van der Waals surface area contributed by atoms with E-state index < -0.39 is 0 Å². The molecule has 2 aromatic rings. The van der Waals surface area contributed by atoms with Crippen molar-refractivity contribution in [3.05, 3.63) is 46.2 Å². The topological polar surface area (TPSA) is 39.1 Å². The minimum atomic E-state index is 0.232. The molecule has 1 N–H and O–H groups in total. The Morgan fingerprint density at radius 2 is 2.05 bits per heavy atom. The van der Waals surface area contributed by atoms with E-state index in [0.29, 0.717) is 0 Å². The Morgan fingerprint density at radius 1 is 1.35 bits per heavy atom. The number of hydrogen-bond donors (Lipinski definition) is 1. The van der Waals surface area contributed by atoms with Crippen LogP contribution in [-0.2, 0) is 13.5 Å². The second-order valence-electron chi connectivity index (χ2n) is 4.66. The molecule has 108 valence electrons. The highest BCUT2D eigenvalue weighted by molar-refractivity contribution is 9.10. The first-order valence-corrected chi connectivity index (χ1v) is 7.48. The molecule has 1 aromatic heterocycles. The SMILES string of the molecule is CCNC(Cc1ccc(OC)cc1)c1c(Br)cnn1C. The molecule has 0 spiro atoms. The van der Waals surface area contributed by atoms with Crippen LogP contribution in [0.3, 0.4) is 0 Å². The molecule has 1 atom stereocenters. The van der Waals surface area contributed by atoms with Crippen molar-refractivity contribution in [1.82, 2.24) is 15.1 Å². The lowest BCUT2D eigenvalue weighted by molar-refractivity contribution is 0.414. The molecule has 0 saturated carbocycles. The highest BCUT2D eigenvalue weighted by atomic mass is 79.9. The molecular weight excluding hydrogens is 318 g/mol. The lowest BCUT2D eigenvalue weighted by atomic mass is 10.0. The lowest BCUT2D eigenvalue weighted by Crippen LogP contribution is -2.25. The molecule has 0 radical (unpaired) electrons. The molecule has 0 aliphatic carbocycles. The van der Waals surface area contributed by atoms with E-state index in [1.54, 1.807) is 7.11 Å². The molecule has 1 unspecified atom stereocenters. The quantitative estimate of drug-likeness (QED) is 0.880.